The minimum atomic E-state index is -4.21. The van der Waals surface area contributed by atoms with Crippen molar-refractivity contribution in [3.05, 3.63) is 72.0 Å². The number of amides is 1. The number of anilines is 1. The van der Waals surface area contributed by atoms with Gasteiger partial charge in [-0.05, 0) is 54.1 Å². The molecule has 0 saturated carbocycles. The quantitative estimate of drug-likeness (QED) is 0.532. The van der Waals surface area contributed by atoms with E-state index in [1.54, 1.807) is 18.2 Å². The van der Waals surface area contributed by atoms with Gasteiger partial charge in [-0.2, -0.15) is 0 Å². The van der Waals surface area contributed by atoms with Crippen molar-refractivity contribution in [3.8, 4) is 23.0 Å². The number of hydrogen-bond donors (Lipinski definition) is 1. The molecule has 0 bridgehead atoms. The van der Waals surface area contributed by atoms with E-state index in [1.165, 1.54) is 30.3 Å². The fourth-order valence-corrected chi connectivity index (χ4v) is 5.11. The number of benzene rings is 3. The minimum Gasteiger partial charge on any atom is -0.486 e. The summed E-state index contributed by atoms with van der Waals surface area (Å²) >= 11 is 0. The molecule has 5 rings (SSSR count). The zero-order valence-corrected chi connectivity index (χ0v) is 19.2. The molecule has 0 unspecified atom stereocenters. The molecule has 1 N–H and O–H groups in total. The van der Waals surface area contributed by atoms with E-state index in [1.807, 2.05) is 0 Å². The molecular weight excluding hydrogens is 479 g/mol. The van der Waals surface area contributed by atoms with E-state index in [0.717, 1.165) is 22.0 Å². The Morgan fingerprint density at radius 1 is 0.857 bits per heavy atom. The van der Waals surface area contributed by atoms with Gasteiger partial charge in [0.1, 0.15) is 25.6 Å². The Labute approximate surface area is 201 Å². The number of ether oxygens (including phenoxy) is 4. The van der Waals surface area contributed by atoms with Gasteiger partial charge in [0.05, 0.1) is 10.6 Å². The summed E-state index contributed by atoms with van der Waals surface area (Å²) in [7, 11) is -4.21. The molecule has 9 nitrogen and oxygen atoms in total. The molecule has 11 heteroatoms. The second-order valence-electron chi connectivity index (χ2n) is 7.76. The van der Waals surface area contributed by atoms with Gasteiger partial charge in [-0.3, -0.25) is 9.10 Å². The monoisotopic (exact) mass is 500 g/mol. The predicted molar refractivity (Wildman–Crippen MR) is 123 cm³/mol. The average molecular weight is 501 g/mol. The van der Waals surface area contributed by atoms with Crippen molar-refractivity contribution in [3.63, 3.8) is 0 Å². The predicted octanol–water partition coefficient (Wildman–Crippen LogP) is 2.84. The number of hydrogen-bond acceptors (Lipinski definition) is 7. The molecule has 182 valence electrons. The highest BCUT2D eigenvalue weighted by molar-refractivity contribution is 7.92. The maximum atomic E-state index is 13.6. The van der Waals surface area contributed by atoms with Crippen LogP contribution >= 0.6 is 0 Å². The lowest BCUT2D eigenvalue weighted by Crippen LogP contribution is -2.40. The van der Waals surface area contributed by atoms with Gasteiger partial charge in [0.25, 0.3) is 10.0 Å². The number of nitrogens with zero attached hydrogens (tertiary/aromatic N) is 1. The Morgan fingerprint density at radius 2 is 1.51 bits per heavy atom. The first-order valence-corrected chi connectivity index (χ1v) is 12.2. The van der Waals surface area contributed by atoms with Crippen LogP contribution in [0.4, 0.5) is 10.1 Å². The molecule has 2 aliphatic heterocycles. The Morgan fingerprint density at radius 3 is 2.31 bits per heavy atom. The second kappa shape index (κ2) is 9.34. The molecule has 0 spiro atoms. The van der Waals surface area contributed by atoms with Crippen molar-refractivity contribution in [2.24, 2.45) is 0 Å². The van der Waals surface area contributed by atoms with Gasteiger partial charge in [-0.15, -0.1) is 0 Å². The largest absolute Gasteiger partial charge is 0.486 e. The van der Waals surface area contributed by atoms with Gasteiger partial charge in [0.15, 0.2) is 23.0 Å². The van der Waals surface area contributed by atoms with Crippen LogP contribution in [0.1, 0.15) is 5.56 Å². The van der Waals surface area contributed by atoms with Crippen LogP contribution < -0.4 is 28.6 Å². The summed E-state index contributed by atoms with van der Waals surface area (Å²) in [5.74, 6) is 0.846. The van der Waals surface area contributed by atoms with Gasteiger partial charge in [0, 0.05) is 12.6 Å². The zero-order chi connectivity index (χ0) is 24.4. The van der Waals surface area contributed by atoms with Crippen molar-refractivity contribution in [1.29, 1.82) is 0 Å². The first kappa shape index (κ1) is 22.8. The highest BCUT2D eigenvalue weighted by Gasteiger charge is 2.29. The van der Waals surface area contributed by atoms with E-state index < -0.39 is 28.3 Å². The third-order valence-electron chi connectivity index (χ3n) is 5.43. The molecule has 35 heavy (non-hydrogen) atoms. The van der Waals surface area contributed by atoms with E-state index >= 15 is 0 Å². The molecule has 0 saturated heterocycles. The molecule has 0 aliphatic carbocycles. The van der Waals surface area contributed by atoms with Crippen LogP contribution in [0.5, 0.6) is 23.0 Å². The fourth-order valence-electron chi connectivity index (χ4n) is 3.67. The Kier molecular flexibility index (Phi) is 6.08. The molecule has 0 radical (unpaired) electrons. The molecule has 0 atom stereocenters. The van der Waals surface area contributed by atoms with Gasteiger partial charge in [0.2, 0.25) is 12.7 Å². The zero-order valence-electron chi connectivity index (χ0n) is 18.4. The summed E-state index contributed by atoms with van der Waals surface area (Å²) in [5.41, 5.74) is 0.894. The minimum absolute atomic E-state index is 0.0883. The number of fused-ring (bicyclic) bond motifs is 2. The summed E-state index contributed by atoms with van der Waals surface area (Å²) < 4.78 is 63.2. The third-order valence-corrected chi connectivity index (χ3v) is 7.20. The lowest BCUT2D eigenvalue weighted by molar-refractivity contribution is -0.119. The normalized spacial score (nSPS) is 13.9. The second-order valence-corrected chi connectivity index (χ2v) is 9.62. The van der Waals surface area contributed by atoms with E-state index in [2.05, 4.69) is 5.32 Å². The summed E-state index contributed by atoms with van der Waals surface area (Å²) in [6.45, 7) is 0.421. The first-order chi connectivity index (χ1) is 16.9. The summed E-state index contributed by atoms with van der Waals surface area (Å²) in [6, 6.07) is 14.4. The molecule has 3 aromatic carbocycles. The van der Waals surface area contributed by atoms with Crippen LogP contribution in [-0.2, 0) is 21.4 Å². The number of rotatable bonds is 7. The van der Waals surface area contributed by atoms with Gasteiger partial charge in [-0.1, -0.05) is 6.07 Å². The first-order valence-electron chi connectivity index (χ1n) is 10.7. The van der Waals surface area contributed by atoms with Gasteiger partial charge < -0.3 is 24.3 Å². The summed E-state index contributed by atoms with van der Waals surface area (Å²) in [6.07, 6.45) is 0. The topological polar surface area (TPSA) is 103 Å². The molecule has 1 amide bonds. The number of halogens is 1. The van der Waals surface area contributed by atoms with E-state index in [0.29, 0.717) is 36.2 Å². The number of carbonyl (C=O) groups is 1. The molecule has 2 aliphatic rings. The Hall–Kier alpha value is -3.99. The third kappa shape index (κ3) is 4.80. The van der Waals surface area contributed by atoms with Crippen LogP contribution in [0.2, 0.25) is 0 Å². The van der Waals surface area contributed by atoms with E-state index in [-0.39, 0.29) is 23.9 Å². The molecule has 0 aromatic heterocycles. The van der Waals surface area contributed by atoms with E-state index in [9.17, 15) is 17.6 Å². The van der Waals surface area contributed by atoms with Crippen molar-refractivity contribution in [2.45, 2.75) is 11.4 Å². The summed E-state index contributed by atoms with van der Waals surface area (Å²) in [5, 5.41) is 2.72. The average Bonchev–Trinajstić information content (AvgIpc) is 3.34. The van der Waals surface area contributed by atoms with Gasteiger partial charge in [-0.25, -0.2) is 12.8 Å². The van der Waals surface area contributed by atoms with Crippen LogP contribution in [0.15, 0.2) is 65.6 Å². The molecule has 0 fully saturated rings. The smallest absolute Gasteiger partial charge is 0.264 e. The van der Waals surface area contributed by atoms with Gasteiger partial charge >= 0.3 is 0 Å². The number of sulfonamides is 1. The molecule has 3 aromatic rings. The fraction of sp³-hybridized carbons (Fsp3) is 0.208. The molecule has 2 heterocycles. The van der Waals surface area contributed by atoms with Crippen molar-refractivity contribution >= 4 is 21.6 Å². The van der Waals surface area contributed by atoms with E-state index in [4.69, 9.17) is 18.9 Å². The van der Waals surface area contributed by atoms with Crippen LogP contribution in [0.3, 0.4) is 0 Å². The maximum Gasteiger partial charge on any atom is 0.264 e. The van der Waals surface area contributed by atoms with Crippen molar-refractivity contribution in [2.75, 3.05) is 30.9 Å². The standard InChI is InChI=1S/C24H21FN2O7S/c25-17-2-4-18(5-3-17)27(35(29,30)19-6-8-20-23(12-19)32-10-9-31-20)14-24(28)26-13-16-1-7-21-22(11-16)34-15-33-21/h1-8,11-12H,9-10,13-15H2,(H,26,28). The maximum absolute atomic E-state index is 13.6. The van der Waals surface area contributed by atoms with Crippen LogP contribution in [0.25, 0.3) is 0 Å². The SMILES string of the molecule is O=C(CN(c1ccc(F)cc1)S(=O)(=O)c1ccc2c(c1)OCCO2)NCc1ccc2c(c1)OCO2. The highest BCUT2D eigenvalue weighted by atomic mass is 32.2. The van der Waals surface area contributed by atoms with Crippen LogP contribution in [-0.4, -0.2) is 40.9 Å². The van der Waals surface area contributed by atoms with Crippen molar-refractivity contribution in [1.82, 2.24) is 5.32 Å². The lowest BCUT2D eigenvalue weighted by atomic mass is 10.2. The molecular formula is C24H21FN2O7S. The number of nitrogens with one attached hydrogen (secondary N) is 1. The Bertz CT molecular complexity index is 1360. The number of carbonyl (C=O) groups excluding carboxylic acids is 1. The highest BCUT2D eigenvalue weighted by Crippen LogP contribution is 2.34. The van der Waals surface area contributed by atoms with Crippen molar-refractivity contribution < 1.29 is 36.6 Å². The lowest BCUT2D eigenvalue weighted by Gasteiger charge is -2.25. The summed E-state index contributed by atoms with van der Waals surface area (Å²) in [4.78, 5) is 12.7. The van der Waals surface area contributed by atoms with Crippen LogP contribution in [0, 0.1) is 5.82 Å². The Balaban J connectivity index is 1.38.